The van der Waals surface area contributed by atoms with E-state index in [1.54, 1.807) is 0 Å². The van der Waals surface area contributed by atoms with Gasteiger partial charge in [0, 0.05) is 30.4 Å². The van der Waals surface area contributed by atoms with Gasteiger partial charge in [0.05, 0.1) is 6.04 Å². The Morgan fingerprint density at radius 3 is 2.70 bits per heavy atom. The number of aromatic amines is 1. The molecular formula is C17H21Cl2N3O. The highest BCUT2D eigenvalue weighted by Crippen LogP contribution is 2.29. The molecule has 1 aromatic carbocycles. The van der Waals surface area contributed by atoms with Crippen LogP contribution >= 0.6 is 24.0 Å². The lowest BCUT2D eigenvalue weighted by molar-refractivity contribution is 0.0628. The number of hydrogen-bond donors (Lipinski definition) is 2. The minimum Gasteiger partial charge on any atom is -0.354 e. The number of halogens is 2. The van der Waals surface area contributed by atoms with Crippen molar-refractivity contribution < 1.29 is 4.79 Å². The summed E-state index contributed by atoms with van der Waals surface area (Å²) in [4.78, 5) is 18.0. The summed E-state index contributed by atoms with van der Waals surface area (Å²) >= 11 is 6.34. The van der Waals surface area contributed by atoms with Gasteiger partial charge in [0.15, 0.2) is 0 Å². The molecule has 2 heterocycles. The van der Waals surface area contributed by atoms with E-state index in [1.807, 2.05) is 49.1 Å². The lowest BCUT2D eigenvalue weighted by Crippen LogP contribution is -2.49. The number of hydrogen-bond acceptors (Lipinski definition) is 2. The summed E-state index contributed by atoms with van der Waals surface area (Å²) in [5.41, 5.74) is 3.66. The van der Waals surface area contributed by atoms with Crippen molar-refractivity contribution in [2.75, 3.05) is 19.6 Å². The van der Waals surface area contributed by atoms with Crippen molar-refractivity contribution in [2.45, 2.75) is 19.9 Å². The molecule has 1 unspecified atom stereocenters. The molecule has 1 fully saturated rings. The van der Waals surface area contributed by atoms with Crippen LogP contribution in [-0.2, 0) is 0 Å². The number of nitrogens with one attached hydrogen (secondary N) is 2. The molecule has 6 heteroatoms. The maximum absolute atomic E-state index is 13.0. The molecule has 0 spiro atoms. The Labute approximate surface area is 147 Å². The number of aryl methyl sites for hydroxylation is 2. The van der Waals surface area contributed by atoms with E-state index in [1.165, 1.54) is 0 Å². The van der Waals surface area contributed by atoms with Gasteiger partial charge in [-0.2, -0.15) is 0 Å². The third-order valence-corrected chi connectivity index (χ3v) is 4.48. The minimum atomic E-state index is -0.0436. The number of nitrogens with zero attached hydrogens (tertiary/aromatic N) is 1. The first-order valence-corrected chi connectivity index (χ1v) is 7.88. The molecule has 124 valence electrons. The van der Waals surface area contributed by atoms with Gasteiger partial charge in [0.25, 0.3) is 5.91 Å². The van der Waals surface area contributed by atoms with Crippen LogP contribution in [0.2, 0.25) is 5.02 Å². The van der Waals surface area contributed by atoms with Gasteiger partial charge < -0.3 is 15.2 Å². The molecule has 1 amide bonds. The highest BCUT2D eigenvalue weighted by atomic mass is 35.5. The van der Waals surface area contributed by atoms with Crippen molar-refractivity contribution in [1.82, 2.24) is 15.2 Å². The number of piperazine rings is 1. The summed E-state index contributed by atoms with van der Waals surface area (Å²) in [5.74, 6) is 0.0389. The smallest absolute Gasteiger partial charge is 0.271 e. The number of amides is 1. The van der Waals surface area contributed by atoms with Crippen molar-refractivity contribution in [2.24, 2.45) is 0 Å². The quantitative estimate of drug-likeness (QED) is 0.867. The van der Waals surface area contributed by atoms with Crippen LogP contribution in [0, 0.1) is 13.8 Å². The largest absolute Gasteiger partial charge is 0.354 e. The van der Waals surface area contributed by atoms with Gasteiger partial charge in [-0.3, -0.25) is 4.79 Å². The van der Waals surface area contributed by atoms with Crippen molar-refractivity contribution in [1.29, 1.82) is 0 Å². The highest BCUT2D eigenvalue weighted by Gasteiger charge is 2.31. The average Bonchev–Trinajstić information content (AvgIpc) is 2.86. The van der Waals surface area contributed by atoms with Crippen LogP contribution in [0.5, 0.6) is 0 Å². The number of carbonyl (C=O) groups excluding carboxylic acids is 1. The Hall–Kier alpha value is -1.49. The summed E-state index contributed by atoms with van der Waals surface area (Å²) in [6.07, 6.45) is 0. The predicted octanol–water partition coefficient (Wildman–Crippen LogP) is 3.49. The zero-order valence-corrected chi connectivity index (χ0v) is 14.8. The van der Waals surface area contributed by atoms with Crippen LogP contribution in [-0.4, -0.2) is 35.4 Å². The molecule has 0 radical (unpaired) electrons. The highest BCUT2D eigenvalue weighted by molar-refractivity contribution is 6.31. The van der Waals surface area contributed by atoms with E-state index in [9.17, 15) is 4.79 Å². The number of aromatic nitrogens is 1. The molecule has 2 aromatic rings. The van der Waals surface area contributed by atoms with Crippen molar-refractivity contribution >= 4 is 29.9 Å². The lowest BCUT2D eigenvalue weighted by Gasteiger charge is -2.37. The van der Waals surface area contributed by atoms with E-state index >= 15 is 0 Å². The Balaban J connectivity index is 0.00000192. The van der Waals surface area contributed by atoms with Crippen LogP contribution in [0.15, 0.2) is 30.3 Å². The fourth-order valence-electron chi connectivity index (χ4n) is 3.07. The van der Waals surface area contributed by atoms with E-state index < -0.39 is 0 Å². The lowest BCUT2D eigenvalue weighted by atomic mass is 10.0. The molecule has 0 saturated carbocycles. The van der Waals surface area contributed by atoms with Crippen LogP contribution < -0.4 is 5.32 Å². The number of H-pyrrole nitrogens is 1. The Morgan fingerprint density at radius 2 is 2.04 bits per heavy atom. The van der Waals surface area contributed by atoms with E-state index in [4.69, 9.17) is 11.6 Å². The fourth-order valence-corrected chi connectivity index (χ4v) is 3.33. The molecule has 1 aromatic heterocycles. The molecular weight excluding hydrogens is 333 g/mol. The number of rotatable bonds is 2. The van der Waals surface area contributed by atoms with E-state index in [0.29, 0.717) is 23.8 Å². The first-order valence-electron chi connectivity index (χ1n) is 7.50. The van der Waals surface area contributed by atoms with E-state index in [-0.39, 0.29) is 24.4 Å². The van der Waals surface area contributed by atoms with Crippen molar-refractivity contribution in [3.05, 3.63) is 57.9 Å². The van der Waals surface area contributed by atoms with Gasteiger partial charge in [-0.25, -0.2) is 0 Å². The van der Waals surface area contributed by atoms with Crippen LogP contribution in [0.1, 0.15) is 33.4 Å². The molecule has 2 N–H and O–H groups in total. The Bertz CT molecular complexity index is 699. The zero-order chi connectivity index (χ0) is 15.7. The minimum absolute atomic E-state index is 0. The zero-order valence-electron chi connectivity index (χ0n) is 13.2. The van der Waals surface area contributed by atoms with Crippen LogP contribution in [0.3, 0.4) is 0 Å². The second kappa shape index (κ2) is 7.39. The molecule has 23 heavy (non-hydrogen) atoms. The van der Waals surface area contributed by atoms with Gasteiger partial charge in [-0.15, -0.1) is 12.4 Å². The topological polar surface area (TPSA) is 48.1 Å². The molecule has 3 rings (SSSR count). The molecule has 4 nitrogen and oxygen atoms in total. The molecule has 1 aliphatic rings. The maximum Gasteiger partial charge on any atom is 0.271 e. The van der Waals surface area contributed by atoms with Gasteiger partial charge in [0.2, 0.25) is 0 Å². The first-order chi connectivity index (χ1) is 10.6. The average molecular weight is 354 g/mol. The summed E-state index contributed by atoms with van der Waals surface area (Å²) < 4.78 is 0. The molecule has 0 aliphatic carbocycles. The second-order valence-corrected chi connectivity index (χ2v) is 6.16. The summed E-state index contributed by atoms with van der Waals surface area (Å²) in [6, 6.07) is 9.69. The van der Waals surface area contributed by atoms with E-state index in [0.717, 1.165) is 23.4 Å². The second-order valence-electron chi connectivity index (χ2n) is 5.75. The van der Waals surface area contributed by atoms with E-state index in [2.05, 4.69) is 10.3 Å². The molecule has 0 bridgehead atoms. The molecule has 1 saturated heterocycles. The summed E-state index contributed by atoms with van der Waals surface area (Å²) in [6.45, 7) is 6.11. The third kappa shape index (κ3) is 3.55. The standard InChI is InChI=1S/C17H20ClN3O.ClH/c1-11-9-12(2)20-16(11)17(22)21-8-7-19-10-15(21)13-5-3-4-6-14(13)18;/h3-6,9,15,19-20H,7-8,10H2,1-2H3;1H. The predicted molar refractivity (Wildman–Crippen MR) is 95.6 cm³/mol. The van der Waals surface area contributed by atoms with Gasteiger partial charge in [-0.05, 0) is 37.1 Å². The maximum atomic E-state index is 13.0. The SMILES string of the molecule is Cc1cc(C)c(C(=O)N2CCNCC2c2ccccc2Cl)[nH]1.Cl. The van der Waals surface area contributed by atoms with Crippen molar-refractivity contribution in [3.8, 4) is 0 Å². The molecule has 1 aliphatic heterocycles. The fraction of sp³-hybridized carbons (Fsp3) is 0.353. The van der Waals surface area contributed by atoms with Gasteiger partial charge >= 0.3 is 0 Å². The number of carbonyl (C=O) groups is 1. The van der Waals surface area contributed by atoms with Gasteiger partial charge in [0.1, 0.15) is 5.69 Å². The van der Waals surface area contributed by atoms with Crippen LogP contribution in [0.25, 0.3) is 0 Å². The first kappa shape index (κ1) is 17.9. The van der Waals surface area contributed by atoms with Crippen molar-refractivity contribution in [3.63, 3.8) is 0 Å². The normalized spacial score (nSPS) is 17.7. The molecule has 1 atom stereocenters. The van der Waals surface area contributed by atoms with Crippen LogP contribution in [0.4, 0.5) is 0 Å². The monoisotopic (exact) mass is 353 g/mol. The summed E-state index contributed by atoms with van der Waals surface area (Å²) in [7, 11) is 0. The summed E-state index contributed by atoms with van der Waals surface area (Å²) in [5, 5.41) is 4.06. The number of benzene rings is 1. The van der Waals surface area contributed by atoms with Gasteiger partial charge in [-0.1, -0.05) is 29.8 Å². The third-order valence-electron chi connectivity index (χ3n) is 4.13. The Morgan fingerprint density at radius 1 is 1.30 bits per heavy atom. The Kier molecular flexibility index (Phi) is 5.74.